The maximum Gasteiger partial charge on any atom is 0.335 e. The van der Waals surface area contributed by atoms with E-state index in [1.165, 1.54) is 0 Å². The number of benzene rings is 1. The second-order valence-electron chi connectivity index (χ2n) is 2.64. The van der Waals surface area contributed by atoms with Gasteiger partial charge in [-0.15, -0.1) is 0 Å². The zero-order chi connectivity index (χ0) is 10.0. The largest absolute Gasteiger partial charge is 0.478 e. The summed E-state index contributed by atoms with van der Waals surface area (Å²) in [6, 6.07) is 3.36. The lowest BCUT2D eigenvalue weighted by Gasteiger charge is -2.07. The van der Waals surface area contributed by atoms with E-state index < -0.39 is 5.97 Å². The van der Waals surface area contributed by atoms with Crippen molar-refractivity contribution in [3.8, 4) is 0 Å². The van der Waals surface area contributed by atoms with Crippen LogP contribution in [0.15, 0.2) is 16.6 Å². The van der Waals surface area contributed by atoms with E-state index in [0.717, 1.165) is 15.6 Å². The van der Waals surface area contributed by atoms with Crippen LogP contribution >= 0.6 is 31.9 Å². The van der Waals surface area contributed by atoms with Crippen molar-refractivity contribution in [2.24, 2.45) is 0 Å². The van der Waals surface area contributed by atoms with Crippen LogP contribution in [0.2, 0.25) is 0 Å². The Bertz CT molecular complexity index is 348. The second kappa shape index (κ2) is 4.24. The molecule has 0 amide bonds. The minimum atomic E-state index is -0.882. The molecule has 4 heteroatoms. The van der Waals surface area contributed by atoms with Crippen molar-refractivity contribution >= 4 is 37.8 Å². The normalized spacial score (nSPS) is 10.1. The summed E-state index contributed by atoms with van der Waals surface area (Å²) in [5.41, 5.74) is 2.15. The summed E-state index contributed by atoms with van der Waals surface area (Å²) in [7, 11) is 0. The van der Waals surface area contributed by atoms with Crippen molar-refractivity contribution < 1.29 is 9.90 Å². The molecular weight excluding hydrogens is 300 g/mol. The van der Waals surface area contributed by atoms with E-state index >= 15 is 0 Å². The van der Waals surface area contributed by atoms with Gasteiger partial charge < -0.3 is 5.11 Å². The van der Waals surface area contributed by atoms with E-state index in [-0.39, 0.29) is 0 Å². The van der Waals surface area contributed by atoms with Gasteiger partial charge in [-0.05, 0) is 30.2 Å². The summed E-state index contributed by atoms with van der Waals surface area (Å²) >= 11 is 6.69. The van der Waals surface area contributed by atoms with E-state index in [1.807, 2.05) is 6.92 Å². The van der Waals surface area contributed by atoms with E-state index in [9.17, 15) is 4.79 Å². The molecule has 0 fully saturated rings. The number of alkyl halides is 1. The average molecular weight is 308 g/mol. The fourth-order valence-corrected chi connectivity index (χ4v) is 2.79. The van der Waals surface area contributed by atoms with E-state index in [4.69, 9.17) is 5.11 Å². The van der Waals surface area contributed by atoms with E-state index in [2.05, 4.69) is 31.9 Å². The molecule has 1 aromatic rings. The fraction of sp³-hybridized carbons (Fsp3) is 0.222. The zero-order valence-electron chi connectivity index (χ0n) is 6.97. The van der Waals surface area contributed by atoms with Crippen molar-refractivity contribution in [2.75, 3.05) is 0 Å². The lowest BCUT2D eigenvalue weighted by molar-refractivity contribution is 0.0696. The zero-order valence-corrected chi connectivity index (χ0v) is 10.1. The van der Waals surface area contributed by atoms with Gasteiger partial charge in [-0.2, -0.15) is 0 Å². The standard InChI is InChI=1S/C9H8Br2O2/c1-5-6(9(12)13)2-3-8(11)7(5)4-10/h2-3H,4H2,1H3,(H,12,13). The van der Waals surface area contributed by atoms with Crippen LogP contribution in [0.5, 0.6) is 0 Å². The summed E-state index contributed by atoms with van der Waals surface area (Å²) < 4.78 is 0.937. The highest BCUT2D eigenvalue weighted by atomic mass is 79.9. The summed E-state index contributed by atoms with van der Waals surface area (Å²) in [4.78, 5) is 10.8. The van der Waals surface area contributed by atoms with Gasteiger partial charge in [-0.25, -0.2) is 4.79 Å². The predicted molar refractivity (Wildman–Crippen MR) is 58.5 cm³/mol. The van der Waals surface area contributed by atoms with Gasteiger partial charge in [0.25, 0.3) is 0 Å². The Labute approximate surface area is 93.2 Å². The van der Waals surface area contributed by atoms with Gasteiger partial charge in [0.2, 0.25) is 0 Å². The average Bonchev–Trinajstić information content (AvgIpc) is 2.04. The molecule has 1 N–H and O–H groups in total. The number of hydrogen-bond acceptors (Lipinski definition) is 1. The van der Waals surface area contributed by atoms with Crippen LogP contribution in [0.3, 0.4) is 0 Å². The molecule has 0 heterocycles. The van der Waals surface area contributed by atoms with Crippen molar-refractivity contribution in [1.82, 2.24) is 0 Å². The van der Waals surface area contributed by atoms with Crippen LogP contribution in [0.25, 0.3) is 0 Å². The topological polar surface area (TPSA) is 37.3 Å². The molecule has 0 aromatic heterocycles. The second-order valence-corrected chi connectivity index (χ2v) is 4.05. The Morgan fingerprint density at radius 3 is 2.62 bits per heavy atom. The first-order valence-corrected chi connectivity index (χ1v) is 5.56. The molecule has 0 aliphatic rings. The maximum atomic E-state index is 10.8. The molecule has 0 radical (unpaired) electrons. The summed E-state index contributed by atoms with van der Waals surface area (Å²) in [5.74, 6) is -0.882. The van der Waals surface area contributed by atoms with E-state index in [0.29, 0.717) is 10.9 Å². The Balaban J connectivity index is 3.35. The highest BCUT2D eigenvalue weighted by Gasteiger charge is 2.11. The molecular formula is C9H8Br2O2. The molecule has 0 saturated carbocycles. The summed E-state index contributed by atoms with van der Waals surface area (Å²) in [5, 5.41) is 9.50. The number of carboxylic acids is 1. The molecule has 0 atom stereocenters. The van der Waals surface area contributed by atoms with Gasteiger partial charge in [0.1, 0.15) is 0 Å². The quantitative estimate of drug-likeness (QED) is 0.851. The first-order valence-electron chi connectivity index (χ1n) is 3.65. The number of aromatic carboxylic acids is 1. The van der Waals surface area contributed by atoms with Crippen molar-refractivity contribution in [1.29, 1.82) is 0 Å². The predicted octanol–water partition coefficient (Wildman–Crippen LogP) is 3.35. The number of halogens is 2. The summed E-state index contributed by atoms with van der Waals surface area (Å²) in [6.45, 7) is 1.81. The lowest BCUT2D eigenvalue weighted by Crippen LogP contribution is -2.02. The van der Waals surface area contributed by atoms with Gasteiger partial charge in [-0.1, -0.05) is 31.9 Å². The molecule has 0 unspecified atom stereocenters. The van der Waals surface area contributed by atoms with Gasteiger partial charge in [-0.3, -0.25) is 0 Å². The molecule has 0 aliphatic heterocycles. The van der Waals surface area contributed by atoms with Crippen LogP contribution in [0, 0.1) is 6.92 Å². The summed E-state index contributed by atoms with van der Waals surface area (Å²) in [6.07, 6.45) is 0. The minimum absolute atomic E-state index is 0.359. The maximum absolute atomic E-state index is 10.8. The van der Waals surface area contributed by atoms with Gasteiger partial charge in [0, 0.05) is 9.80 Å². The Hall–Kier alpha value is -0.350. The fourth-order valence-electron chi connectivity index (χ4n) is 1.12. The molecule has 2 nitrogen and oxygen atoms in total. The van der Waals surface area contributed by atoms with Gasteiger partial charge in [0.15, 0.2) is 0 Å². The molecule has 13 heavy (non-hydrogen) atoms. The molecule has 1 aromatic carbocycles. The van der Waals surface area contributed by atoms with Crippen LogP contribution in [-0.2, 0) is 5.33 Å². The Morgan fingerprint density at radius 1 is 1.54 bits per heavy atom. The number of carboxylic acid groups (broad SMARTS) is 1. The third-order valence-electron chi connectivity index (χ3n) is 1.91. The molecule has 70 valence electrons. The molecule has 0 saturated heterocycles. The van der Waals surface area contributed by atoms with Crippen LogP contribution in [0.4, 0.5) is 0 Å². The molecule has 0 spiro atoms. The minimum Gasteiger partial charge on any atom is -0.478 e. The van der Waals surface area contributed by atoms with Gasteiger partial charge in [0.05, 0.1) is 5.56 Å². The highest BCUT2D eigenvalue weighted by Crippen LogP contribution is 2.25. The van der Waals surface area contributed by atoms with Crippen LogP contribution in [-0.4, -0.2) is 11.1 Å². The number of carbonyl (C=O) groups is 1. The number of rotatable bonds is 2. The lowest BCUT2D eigenvalue weighted by atomic mass is 10.0. The van der Waals surface area contributed by atoms with Crippen molar-refractivity contribution in [2.45, 2.75) is 12.3 Å². The highest BCUT2D eigenvalue weighted by molar-refractivity contribution is 9.10. The molecule has 1 rings (SSSR count). The van der Waals surface area contributed by atoms with Crippen LogP contribution < -0.4 is 0 Å². The van der Waals surface area contributed by atoms with Gasteiger partial charge >= 0.3 is 5.97 Å². The SMILES string of the molecule is Cc1c(C(=O)O)ccc(Br)c1CBr. The van der Waals surface area contributed by atoms with Crippen LogP contribution in [0.1, 0.15) is 21.5 Å². The van der Waals surface area contributed by atoms with E-state index in [1.54, 1.807) is 12.1 Å². The Kier molecular flexibility index (Phi) is 3.50. The Morgan fingerprint density at radius 2 is 2.15 bits per heavy atom. The number of hydrogen-bond donors (Lipinski definition) is 1. The third kappa shape index (κ3) is 2.11. The smallest absolute Gasteiger partial charge is 0.335 e. The monoisotopic (exact) mass is 306 g/mol. The third-order valence-corrected chi connectivity index (χ3v) is 3.21. The van der Waals surface area contributed by atoms with Crippen molar-refractivity contribution in [3.05, 3.63) is 33.3 Å². The first kappa shape index (κ1) is 10.7. The molecule has 0 bridgehead atoms. The first-order chi connectivity index (χ1) is 6.07. The molecule has 0 aliphatic carbocycles. The van der Waals surface area contributed by atoms with Crippen molar-refractivity contribution in [3.63, 3.8) is 0 Å².